The van der Waals surface area contributed by atoms with Crippen LogP contribution in [0.3, 0.4) is 0 Å². The predicted molar refractivity (Wildman–Crippen MR) is 95.4 cm³/mol. The van der Waals surface area contributed by atoms with E-state index in [1.54, 1.807) is 29.6 Å². The number of para-hydroxylation sites is 1. The van der Waals surface area contributed by atoms with E-state index in [1.807, 2.05) is 48.5 Å². The Hall–Kier alpha value is -2.26. The van der Waals surface area contributed by atoms with E-state index in [0.29, 0.717) is 5.69 Å². The first kappa shape index (κ1) is 15.6. The number of isocyanates is 1. The van der Waals surface area contributed by atoms with E-state index >= 15 is 0 Å². The number of nitrogens with zero attached hydrogens (tertiary/aromatic N) is 1. The number of carbonyl (C=O) groups excluding carboxylic acids is 1. The molecule has 3 aromatic carbocycles. The van der Waals surface area contributed by atoms with Crippen LogP contribution in [-0.4, -0.2) is 6.08 Å². The van der Waals surface area contributed by atoms with Crippen LogP contribution in [0.1, 0.15) is 0 Å². The molecule has 0 heterocycles. The summed E-state index contributed by atoms with van der Waals surface area (Å²) in [6, 6.07) is 26.2. The number of hydrogen-bond donors (Lipinski definition) is 0. The fourth-order valence-electron chi connectivity index (χ4n) is 2.04. The highest BCUT2D eigenvalue weighted by molar-refractivity contribution is 8.00. The molecule has 3 rings (SSSR count). The zero-order chi connectivity index (χ0) is 15.9. The Morgan fingerprint density at radius 1 is 0.696 bits per heavy atom. The molecule has 4 heteroatoms. The van der Waals surface area contributed by atoms with Crippen LogP contribution in [0.4, 0.5) is 5.69 Å². The maximum absolute atomic E-state index is 10.5. The summed E-state index contributed by atoms with van der Waals surface area (Å²) in [4.78, 5) is 18.7. The fraction of sp³-hybridized carbons (Fsp3) is 0. The monoisotopic (exact) mass is 335 g/mol. The normalized spacial score (nSPS) is 10.1. The molecule has 0 amide bonds. The molecule has 0 bridgehead atoms. The van der Waals surface area contributed by atoms with Gasteiger partial charge in [-0.05, 0) is 42.5 Å². The minimum absolute atomic E-state index is 0.647. The van der Waals surface area contributed by atoms with Crippen LogP contribution in [0.25, 0.3) is 0 Å². The van der Waals surface area contributed by atoms with Gasteiger partial charge in [-0.15, -0.1) is 0 Å². The van der Waals surface area contributed by atoms with Crippen molar-refractivity contribution >= 4 is 35.3 Å². The molecule has 0 unspecified atom stereocenters. The average molecular weight is 335 g/mol. The van der Waals surface area contributed by atoms with Crippen molar-refractivity contribution in [3.8, 4) is 0 Å². The van der Waals surface area contributed by atoms with Crippen LogP contribution in [0.5, 0.6) is 0 Å². The highest BCUT2D eigenvalue weighted by Crippen LogP contribution is 2.37. The molecular weight excluding hydrogens is 322 g/mol. The van der Waals surface area contributed by atoms with Crippen molar-refractivity contribution in [3.05, 3.63) is 78.9 Å². The first-order chi connectivity index (χ1) is 11.3. The molecule has 0 aromatic heterocycles. The van der Waals surface area contributed by atoms with Gasteiger partial charge in [-0.1, -0.05) is 59.9 Å². The van der Waals surface area contributed by atoms with Gasteiger partial charge < -0.3 is 0 Å². The molecule has 0 aliphatic rings. The Balaban J connectivity index is 1.82. The van der Waals surface area contributed by atoms with Crippen LogP contribution in [0.2, 0.25) is 0 Å². The molecule has 0 aliphatic carbocycles. The van der Waals surface area contributed by atoms with Gasteiger partial charge in [0.05, 0.1) is 5.69 Å². The van der Waals surface area contributed by atoms with Crippen LogP contribution in [0, 0.1) is 0 Å². The Labute approximate surface area is 143 Å². The summed E-state index contributed by atoms with van der Waals surface area (Å²) in [6.45, 7) is 0. The second-order valence-electron chi connectivity index (χ2n) is 4.66. The molecule has 0 radical (unpaired) electrons. The Kier molecular flexibility index (Phi) is 5.33. The zero-order valence-electron chi connectivity index (χ0n) is 12.2. The molecule has 0 N–H and O–H groups in total. The van der Waals surface area contributed by atoms with E-state index in [1.165, 1.54) is 9.79 Å². The van der Waals surface area contributed by atoms with Crippen molar-refractivity contribution in [3.63, 3.8) is 0 Å². The summed E-state index contributed by atoms with van der Waals surface area (Å²) in [7, 11) is 0. The van der Waals surface area contributed by atoms with Gasteiger partial charge in [0.25, 0.3) is 0 Å². The number of aliphatic imine (C=N–C) groups is 1. The lowest BCUT2D eigenvalue weighted by Crippen LogP contribution is -1.78. The first-order valence-electron chi connectivity index (χ1n) is 7.03. The maximum Gasteiger partial charge on any atom is 0.240 e. The molecule has 0 aliphatic heterocycles. The molecule has 23 heavy (non-hydrogen) atoms. The summed E-state index contributed by atoms with van der Waals surface area (Å²) in [5, 5.41) is 0. The van der Waals surface area contributed by atoms with Crippen LogP contribution in [0.15, 0.2) is 103 Å². The standard InChI is InChI=1S/C19H13NOS2/c21-14-20-18-11-4-5-12-19(18)23-17-10-6-9-16(13-17)22-15-7-2-1-3-8-15/h1-13H. The first-order valence-corrected chi connectivity index (χ1v) is 8.66. The largest absolute Gasteiger partial charge is 0.240 e. The molecule has 0 atom stereocenters. The van der Waals surface area contributed by atoms with Crippen molar-refractivity contribution in [2.45, 2.75) is 19.6 Å². The summed E-state index contributed by atoms with van der Waals surface area (Å²) in [5.41, 5.74) is 0.647. The fourth-order valence-corrected chi connectivity index (χ4v) is 3.96. The van der Waals surface area contributed by atoms with Crippen molar-refractivity contribution < 1.29 is 4.79 Å². The van der Waals surface area contributed by atoms with Gasteiger partial charge in [0.2, 0.25) is 6.08 Å². The predicted octanol–water partition coefficient (Wildman–Crippen LogP) is 5.96. The van der Waals surface area contributed by atoms with Gasteiger partial charge in [-0.2, -0.15) is 4.99 Å². The van der Waals surface area contributed by atoms with E-state index in [0.717, 1.165) is 9.79 Å². The summed E-state index contributed by atoms with van der Waals surface area (Å²) < 4.78 is 0. The molecule has 0 spiro atoms. The minimum atomic E-state index is 0.647. The SMILES string of the molecule is O=C=Nc1ccccc1Sc1cccc(Sc2ccccc2)c1. The van der Waals surface area contributed by atoms with Crippen LogP contribution < -0.4 is 0 Å². The van der Waals surface area contributed by atoms with E-state index < -0.39 is 0 Å². The van der Waals surface area contributed by atoms with E-state index in [9.17, 15) is 4.79 Å². The highest BCUT2D eigenvalue weighted by atomic mass is 32.2. The van der Waals surface area contributed by atoms with Gasteiger partial charge in [0.1, 0.15) is 0 Å². The lowest BCUT2D eigenvalue weighted by atomic mass is 10.3. The Bertz CT molecular complexity index is 843. The molecule has 112 valence electrons. The topological polar surface area (TPSA) is 29.4 Å². The molecule has 0 saturated heterocycles. The van der Waals surface area contributed by atoms with Crippen molar-refractivity contribution in [1.29, 1.82) is 0 Å². The number of hydrogen-bond acceptors (Lipinski definition) is 4. The second-order valence-corrected chi connectivity index (χ2v) is 6.93. The molecule has 2 nitrogen and oxygen atoms in total. The van der Waals surface area contributed by atoms with Gasteiger partial charge in [0, 0.05) is 19.6 Å². The lowest BCUT2D eigenvalue weighted by molar-refractivity contribution is 0.565. The van der Waals surface area contributed by atoms with Crippen molar-refractivity contribution in [2.75, 3.05) is 0 Å². The molecule has 3 aromatic rings. The van der Waals surface area contributed by atoms with Crippen LogP contribution in [-0.2, 0) is 4.79 Å². The third-order valence-corrected chi connectivity index (χ3v) is 5.10. The van der Waals surface area contributed by atoms with Gasteiger partial charge >= 0.3 is 0 Å². The lowest BCUT2D eigenvalue weighted by Gasteiger charge is -2.06. The Morgan fingerprint density at radius 2 is 1.35 bits per heavy atom. The summed E-state index contributed by atoms with van der Waals surface area (Å²) in [5.74, 6) is 0. The summed E-state index contributed by atoms with van der Waals surface area (Å²) in [6.07, 6.45) is 1.61. The molecule has 0 saturated carbocycles. The number of rotatable bonds is 5. The number of benzene rings is 3. The zero-order valence-corrected chi connectivity index (χ0v) is 13.8. The van der Waals surface area contributed by atoms with Crippen LogP contribution >= 0.6 is 23.5 Å². The van der Waals surface area contributed by atoms with E-state index in [4.69, 9.17) is 0 Å². The van der Waals surface area contributed by atoms with Crippen molar-refractivity contribution in [2.24, 2.45) is 4.99 Å². The maximum atomic E-state index is 10.5. The van der Waals surface area contributed by atoms with E-state index in [2.05, 4.69) is 35.3 Å². The van der Waals surface area contributed by atoms with Gasteiger partial charge in [-0.25, -0.2) is 4.79 Å². The highest BCUT2D eigenvalue weighted by Gasteiger charge is 2.05. The molecular formula is C19H13NOS2. The molecule has 0 fully saturated rings. The Morgan fingerprint density at radius 3 is 2.13 bits per heavy atom. The summed E-state index contributed by atoms with van der Waals surface area (Å²) >= 11 is 3.32. The smallest absolute Gasteiger partial charge is 0.211 e. The second kappa shape index (κ2) is 7.84. The van der Waals surface area contributed by atoms with E-state index in [-0.39, 0.29) is 0 Å². The van der Waals surface area contributed by atoms with Gasteiger partial charge in [-0.3, -0.25) is 0 Å². The van der Waals surface area contributed by atoms with Crippen molar-refractivity contribution in [1.82, 2.24) is 0 Å². The third-order valence-electron chi connectivity index (χ3n) is 3.04. The minimum Gasteiger partial charge on any atom is -0.211 e. The van der Waals surface area contributed by atoms with Gasteiger partial charge in [0.15, 0.2) is 0 Å². The quantitative estimate of drug-likeness (QED) is 0.426. The average Bonchev–Trinajstić information content (AvgIpc) is 2.58. The third kappa shape index (κ3) is 4.36.